The van der Waals surface area contributed by atoms with Crippen molar-refractivity contribution in [3.63, 3.8) is 0 Å². The molecule has 0 aliphatic heterocycles. The van der Waals surface area contributed by atoms with Crippen molar-refractivity contribution < 1.29 is 12.8 Å². The van der Waals surface area contributed by atoms with Crippen molar-refractivity contribution in [2.75, 3.05) is 5.43 Å². The van der Waals surface area contributed by atoms with Crippen LogP contribution in [0.3, 0.4) is 0 Å². The minimum absolute atomic E-state index is 0.0424. The van der Waals surface area contributed by atoms with E-state index in [9.17, 15) is 8.42 Å². The molecule has 20 heavy (non-hydrogen) atoms. The number of rotatable bonds is 6. The van der Waals surface area contributed by atoms with Crippen LogP contribution in [0.15, 0.2) is 27.9 Å². The fourth-order valence-corrected chi connectivity index (χ4v) is 2.23. The molecule has 2 rings (SSSR count). The largest absolute Gasteiger partial charge is 0.444 e. The molecular formula is C10H14N6O3S. The van der Waals surface area contributed by atoms with Gasteiger partial charge in [-0.05, 0) is 0 Å². The first kappa shape index (κ1) is 14.4. The Hall–Kier alpha value is -2.04. The van der Waals surface area contributed by atoms with Crippen LogP contribution < -0.4 is 16.0 Å². The van der Waals surface area contributed by atoms with Crippen LogP contribution in [-0.2, 0) is 23.0 Å². The molecule has 2 aromatic rings. The molecule has 10 heteroatoms. The van der Waals surface area contributed by atoms with Gasteiger partial charge in [-0.25, -0.2) is 33.9 Å². The topological polar surface area (TPSA) is 136 Å². The highest BCUT2D eigenvalue weighted by molar-refractivity contribution is 7.89. The molecule has 0 saturated carbocycles. The summed E-state index contributed by atoms with van der Waals surface area (Å²) in [6.07, 6.45) is 4.56. The van der Waals surface area contributed by atoms with Gasteiger partial charge < -0.3 is 4.42 Å². The van der Waals surface area contributed by atoms with Gasteiger partial charge >= 0.3 is 0 Å². The van der Waals surface area contributed by atoms with E-state index in [0.717, 1.165) is 12.4 Å². The van der Waals surface area contributed by atoms with Crippen molar-refractivity contribution in [3.05, 3.63) is 30.2 Å². The zero-order chi connectivity index (χ0) is 14.6. The molecule has 0 bridgehead atoms. The van der Waals surface area contributed by atoms with E-state index in [2.05, 4.69) is 25.1 Å². The number of hydrogen-bond donors (Lipinski definition) is 3. The van der Waals surface area contributed by atoms with E-state index in [-0.39, 0.29) is 17.4 Å². The van der Waals surface area contributed by atoms with Crippen molar-refractivity contribution in [1.29, 1.82) is 0 Å². The second-order valence-electron chi connectivity index (χ2n) is 3.79. The second-order valence-corrected chi connectivity index (χ2v) is 5.55. The van der Waals surface area contributed by atoms with Crippen LogP contribution in [0, 0.1) is 0 Å². The van der Waals surface area contributed by atoms with Crippen molar-refractivity contribution in [2.24, 2.45) is 5.84 Å². The van der Waals surface area contributed by atoms with Crippen LogP contribution in [0.4, 0.5) is 5.95 Å². The van der Waals surface area contributed by atoms with Gasteiger partial charge in [-0.2, -0.15) is 0 Å². The number of hydrogen-bond acceptors (Lipinski definition) is 8. The zero-order valence-corrected chi connectivity index (χ0v) is 11.5. The second kappa shape index (κ2) is 5.94. The number of sulfonamides is 1. The summed E-state index contributed by atoms with van der Waals surface area (Å²) in [5, 5.41) is 0. The standard InChI is InChI=1S/C10H14N6O3S/c1-2-7-3-12-9(19-7)6-15-20(17,18)8-4-13-10(16-11)14-5-8/h3-5,15H,2,6,11H2,1H3,(H,13,14,16). The Labute approximate surface area is 115 Å². The highest BCUT2D eigenvalue weighted by atomic mass is 32.2. The Bertz CT molecular complexity index is 667. The Kier molecular flexibility index (Phi) is 4.27. The van der Waals surface area contributed by atoms with E-state index in [4.69, 9.17) is 10.3 Å². The lowest BCUT2D eigenvalue weighted by molar-refractivity contribution is 0.452. The monoisotopic (exact) mass is 298 g/mol. The predicted molar refractivity (Wildman–Crippen MR) is 69.7 cm³/mol. The quantitative estimate of drug-likeness (QED) is 0.492. The fraction of sp³-hybridized carbons (Fsp3) is 0.300. The molecule has 0 saturated heterocycles. The van der Waals surface area contributed by atoms with Gasteiger partial charge in [0.05, 0.1) is 25.1 Å². The number of anilines is 1. The Morgan fingerprint density at radius 1 is 1.25 bits per heavy atom. The summed E-state index contributed by atoms with van der Waals surface area (Å²) in [5.74, 6) is 6.22. The number of nitrogens with zero attached hydrogens (tertiary/aromatic N) is 3. The first-order valence-electron chi connectivity index (χ1n) is 5.77. The van der Waals surface area contributed by atoms with Crippen LogP contribution in [0.1, 0.15) is 18.6 Å². The third-order valence-electron chi connectivity index (χ3n) is 2.43. The minimum atomic E-state index is -3.72. The maximum Gasteiger partial charge on any atom is 0.244 e. The smallest absolute Gasteiger partial charge is 0.244 e. The maximum atomic E-state index is 12.0. The molecule has 0 atom stereocenters. The van der Waals surface area contributed by atoms with E-state index in [1.165, 1.54) is 0 Å². The molecule has 0 aliphatic rings. The molecule has 2 aromatic heterocycles. The number of oxazole rings is 1. The van der Waals surface area contributed by atoms with E-state index in [1.54, 1.807) is 6.20 Å². The maximum absolute atomic E-state index is 12.0. The van der Waals surface area contributed by atoms with E-state index < -0.39 is 10.0 Å². The summed E-state index contributed by atoms with van der Waals surface area (Å²) in [6, 6.07) is 0. The average molecular weight is 298 g/mol. The lowest BCUT2D eigenvalue weighted by Crippen LogP contribution is -2.24. The molecule has 0 aliphatic carbocycles. The van der Waals surface area contributed by atoms with Gasteiger partial charge in [0.1, 0.15) is 10.7 Å². The molecule has 0 fully saturated rings. The SMILES string of the molecule is CCc1cnc(CNS(=O)(=O)c2cnc(NN)nc2)o1. The third kappa shape index (κ3) is 3.29. The summed E-state index contributed by atoms with van der Waals surface area (Å²) in [6.45, 7) is 1.87. The van der Waals surface area contributed by atoms with Crippen molar-refractivity contribution in [2.45, 2.75) is 24.8 Å². The normalized spacial score (nSPS) is 11.5. The van der Waals surface area contributed by atoms with E-state index >= 15 is 0 Å². The molecule has 0 aromatic carbocycles. The Morgan fingerprint density at radius 2 is 1.95 bits per heavy atom. The van der Waals surface area contributed by atoms with Crippen molar-refractivity contribution >= 4 is 16.0 Å². The van der Waals surface area contributed by atoms with Gasteiger partial charge in [0, 0.05) is 6.42 Å². The van der Waals surface area contributed by atoms with Crippen molar-refractivity contribution in [3.8, 4) is 0 Å². The summed E-state index contributed by atoms with van der Waals surface area (Å²) in [5.41, 5.74) is 2.21. The molecule has 4 N–H and O–H groups in total. The summed E-state index contributed by atoms with van der Waals surface area (Å²) >= 11 is 0. The minimum Gasteiger partial charge on any atom is -0.444 e. The third-order valence-corrected chi connectivity index (χ3v) is 3.79. The Morgan fingerprint density at radius 3 is 2.50 bits per heavy atom. The lowest BCUT2D eigenvalue weighted by atomic mass is 10.4. The van der Waals surface area contributed by atoms with Gasteiger partial charge in [-0.1, -0.05) is 6.92 Å². The van der Waals surface area contributed by atoms with Gasteiger partial charge in [-0.15, -0.1) is 0 Å². The highest BCUT2D eigenvalue weighted by Gasteiger charge is 2.16. The molecule has 0 spiro atoms. The van der Waals surface area contributed by atoms with Crippen LogP contribution in [0.25, 0.3) is 0 Å². The lowest BCUT2D eigenvalue weighted by Gasteiger charge is -2.04. The number of nitrogens with one attached hydrogen (secondary N) is 2. The molecule has 0 amide bonds. The highest BCUT2D eigenvalue weighted by Crippen LogP contribution is 2.09. The van der Waals surface area contributed by atoms with Gasteiger partial charge in [-0.3, -0.25) is 5.43 Å². The predicted octanol–water partition coefficient (Wildman–Crippen LogP) is -0.209. The number of nitrogens with two attached hydrogens (primary N) is 1. The zero-order valence-electron chi connectivity index (χ0n) is 10.7. The van der Waals surface area contributed by atoms with Crippen molar-refractivity contribution in [1.82, 2.24) is 19.7 Å². The first-order valence-corrected chi connectivity index (χ1v) is 7.25. The van der Waals surface area contributed by atoms with Gasteiger partial charge in [0.25, 0.3) is 0 Å². The summed E-state index contributed by atoms with van der Waals surface area (Å²) in [4.78, 5) is 11.3. The van der Waals surface area contributed by atoms with E-state index in [1.807, 2.05) is 6.92 Å². The van der Waals surface area contributed by atoms with Gasteiger partial charge in [0.2, 0.25) is 21.9 Å². The molecule has 2 heterocycles. The van der Waals surface area contributed by atoms with Crippen LogP contribution >= 0.6 is 0 Å². The number of hydrazine groups is 1. The van der Waals surface area contributed by atoms with Crippen LogP contribution in [-0.4, -0.2) is 23.4 Å². The van der Waals surface area contributed by atoms with E-state index in [0.29, 0.717) is 18.1 Å². The fourth-order valence-electron chi connectivity index (χ4n) is 1.36. The molecular weight excluding hydrogens is 284 g/mol. The summed E-state index contributed by atoms with van der Waals surface area (Å²) < 4.78 is 31.6. The molecule has 9 nitrogen and oxygen atoms in total. The Balaban J connectivity index is 2.06. The van der Waals surface area contributed by atoms with Gasteiger partial charge in [0.15, 0.2) is 0 Å². The van der Waals surface area contributed by atoms with Crippen LogP contribution in [0.5, 0.6) is 0 Å². The number of nitrogen functional groups attached to an aromatic ring is 1. The summed E-state index contributed by atoms with van der Waals surface area (Å²) in [7, 11) is -3.72. The number of aryl methyl sites for hydroxylation is 1. The molecule has 0 radical (unpaired) electrons. The molecule has 108 valence electrons. The molecule has 0 unspecified atom stereocenters. The number of aromatic nitrogens is 3. The van der Waals surface area contributed by atoms with Crippen LogP contribution in [0.2, 0.25) is 0 Å². The first-order chi connectivity index (χ1) is 9.55. The average Bonchev–Trinajstić information content (AvgIpc) is 2.93.